The molecule has 0 radical (unpaired) electrons. The van der Waals surface area contributed by atoms with Crippen molar-refractivity contribution in [3.8, 4) is 12.3 Å². The number of hydrogen-bond acceptors (Lipinski definition) is 2. The Morgan fingerprint density at radius 2 is 2.00 bits per heavy atom. The van der Waals surface area contributed by atoms with Crippen molar-refractivity contribution in [2.24, 2.45) is 5.73 Å². The van der Waals surface area contributed by atoms with Gasteiger partial charge in [0.15, 0.2) is 0 Å². The van der Waals surface area contributed by atoms with Crippen molar-refractivity contribution in [2.75, 3.05) is 5.32 Å². The molecule has 1 unspecified atom stereocenters. The van der Waals surface area contributed by atoms with Crippen molar-refractivity contribution in [2.45, 2.75) is 12.5 Å². The summed E-state index contributed by atoms with van der Waals surface area (Å²) in [5.74, 6) is 2.11. The van der Waals surface area contributed by atoms with Crippen molar-refractivity contribution in [3.63, 3.8) is 0 Å². The highest BCUT2D eigenvalue weighted by Crippen LogP contribution is 2.29. The lowest BCUT2D eigenvalue weighted by atomic mass is 10.1. The average Bonchev–Trinajstić information content (AvgIpc) is 2.42. The Kier molecular flexibility index (Phi) is 4.20. The monoisotopic (exact) mass is 316 g/mol. The van der Waals surface area contributed by atoms with Crippen LogP contribution in [-0.2, 0) is 4.79 Å². The number of carbonyl (C=O) groups excluding carboxylic acids is 1. The molecule has 0 saturated carbocycles. The summed E-state index contributed by atoms with van der Waals surface area (Å²) in [6.07, 6.45) is 5.38. The van der Waals surface area contributed by atoms with Crippen molar-refractivity contribution in [1.29, 1.82) is 0 Å². The molecule has 2 aromatic rings. The summed E-state index contributed by atoms with van der Waals surface area (Å²) in [6.45, 7) is 0. The van der Waals surface area contributed by atoms with Gasteiger partial charge >= 0.3 is 0 Å². The van der Waals surface area contributed by atoms with E-state index >= 15 is 0 Å². The molecule has 0 aliphatic rings. The van der Waals surface area contributed by atoms with Gasteiger partial charge in [0.1, 0.15) is 0 Å². The molecule has 0 spiro atoms. The van der Waals surface area contributed by atoms with Gasteiger partial charge in [-0.1, -0.05) is 40.2 Å². The van der Waals surface area contributed by atoms with Gasteiger partial charge in [0.2, 0.25) is 5.91 Å². The minimum Gasteiger partial charge on any atom is -0.324 e. The summed E-state index contributed by atoms with van der Waals surface area (Å²) in [5, 5.41) is 4.81. The number of carbonyl (C=O) groups is 1. The van der Waals surface area contributed by atoms with Crippen LogP contribution in [0.15, 0.2) is 40.9 Å². The molecule has 0 heterocycles. The number of benzene rings is 2. The molecule has 0 aliphatic carbocycles. The van der Waals surface area contributed by atoms with Crippen LogP contribution >= 0.6 is 15.9 Å². The molecular weight excluding hydrogens is 304 g/mol. The fraction of sp³-hybridized carbons (Fsp3) is 0.133. The van der Waals surface area contributed by atoms with E-state index in [1.165, 1.54) is 0 Å². The first-order valence-electron chi connectivity index (χ1n) is 5.80. The van der Waals surface area contributed by atoms with Gasteiger partial charge in [-0.25, -0.2) is 0 Å². The normalized spacial score (nSPS) is 11.8. The number of hydrogen-bond donors (Lipinski definition) is 2. The third kappa shape index (κ3) is 2.95. The zero-order valence-electron chi connectivity index (χ0n) is 10.2. The Morgan fingerprint density at radius 3 is 2.68 bits per heavy atom. The number of fused-ring (bicyclic) bond motifs is 1. The van der Waals surface area contributed by atoms with E-state index in [4.69, 9.17) is 12.2 Å². The molecule has 3 nitrogen and oxygen atoms in total. The molecule has 1 atom stereocenters. The first kappa shape index (κ1) is 13.6. The number of nitrogens with one attached hydrogen (secondary N) is 1. The molecule has 0 bridgehead atoms. The maximum Gasteiger partial charge on any atom is 0.242 e. The summed E-state index contributed by atoms with van der Waals surface area (Å²) in [4.78, 5) is 11.9. The molecule has 0 aromatic heterocycles. The fourth-order valence-electron chi connectivity index (χ4n) is 1.82. The largest absolute Gasteiger partial charge is 0.324 e. The van der Waals surface area contributed by atoms with Crippen LogP contribution in [0.3, 0.4) is 0 Å². The van der Waals surface area contributed by atoms with Gasteiger partial charge in [-0.05, 0) is 17.5 Å². The van der Waals surface area contributed by atoms with Crippen molar-refractivity contribution in [1.82, 2.24) is 0 Å². The summed E-state index contributed by atoms with van der Waals surface area (Å²) in [7, 11) is 0. The molecule has 2 aromatic carbocycles. The minimum absolute atomic E-state index is 0.223. The number of halogens is 1. The highest BCUT2D eigenvalue weighted by molar-refractivity contribution is 9.10. The van der Waals surface area contributed by atoms with Crippen LogP contribution in [0.1, 0.15) is 6.42 Å². The number of terminal acetylenes is 1. The molecule has 1 amide bonds. The van der Waals surface area contributed by atoms with Crippen LogP contribution in [0, 0.1) is 12.3 Å². The zero-order valence-corrected chi connectivity index (χ0v) is 11.8. The summed E-state index contributed by atoms with van der Waals surface area (Å²) >= 11 is 3.49. The summed E-state index contributed by atoms with van der Waals surface area (Å²) in [6, 6.07) is 10.8. The second-order valence-electron chi connectivity index (χ2n) is 4.14. The summed E-state index contributed by atoms with van der Waals surface area (Å²) < 4.78 is 0.981. The Bertz CT molecular complexity index is 661. The molecular formula is C15H13BrN2O. The standard InChI is InChI=1S/C15H13BrN2O/c1-2-5-13(17)15(19)18-14-9-8-12(16)10-6-3-4-7-11(10)14/h1,3-4,6-9,13H,5,17H2,(H,18,19). The SMILES string of the molecule is C#CCC(N)C(=O)Nc1ccc(Br)c2ccccc12. The van der Waals surface area contributed by atoms with Crippen LogP contribution in [0.4, 0.5) is 5.69 Å². The van der Waals surface area contributed by atoms with Crippen LogP contribution < -0.4 is 11.1 Å². The van der Waals surface area contributed by atoms with E-state index < -0.39 is 6.04 Å². The number of nitrogens with two attached hydrogens (primary N) is 1. The lowest BCUT2D eigenvalue weighted by molar-refractivity contribution is -0.117. The number of rotatable bonds is 3. The Balaban J connectivity index is 2.34. The Labute approximate surface area is 120 Å². The molecule has 3 N–H and O–H groups in total. The minimum atomic E-state index is -0.688. The molecule has 0 saturated heterocycles. The van der Waals surface area contributed by atoms with Gasteiger partial charge in [-0.2, -0.15) is 0 Å². The second kappa shape index (κ2) is 5.87. The van der Waals surface area contributed by atoms with E-state index in [-0.39, 0.29) is 12.3 Å². The predicted octanol–water partition coefficient (Wildman–Crippen LogP) is 2.89. The van der Waals surface area contributed by atoms with E-state index in [9.17, 15) is 4.79 Å². The van der Waals surface area contributed by atoms with Crippen LogP contribution in [-0.4, -0.2) is 11.9 Å². The van der Waals surface area contributed by atoms with Crippen LogP contribution in [0.5, 0.6) is 0 Å². The highest BCUT2D eigenvalue weighted by Gasteiger charge is 2.13. The second-order valence-corrected chi connectivity index (χ2v) is 5.00. The molecule has 19 heavy (non-hydrogen) atoms. The third-order valence-electron chi connectivity index (χ3n) is 2.80. The topological polar surface area (TPSA) is 55.1 Å². The van der Waals surface area contributed by atoms with Crippen molar-refractivity contribution in [3.05, 3.63) is 40.9 Å². The highest BCUT2D eigenvalue weighted by atomic mass is 79.9. The van der Waals surface area contributed by atoms with Crippen molar-refractivity contribution >= 4 is 38.3 Å². The van der Waals surface area contributed by atoms with E-state index in [1.807, 2.05) is 36.4 Å². The van der Waals surface area contributed by atoms with E-state index in [0.29, 0.717) is 0 Å². The lowest BCUT2D eigenvalue weighted by Gasteiger charge is -2.12. The quantitative estimate of drug-likeness (QED) is 0.855. The summed E-state index contributed by atoms with van der Waals surface area (Å²) in [5.41, 5.74) is 6.42. The Morgan fingerprint density at radius 1 is 1.32 bits per heavy atom. The Hall–Kier alpha value is -1.83. The van der Waals surface area contributed by atoms with E-state index in [1.54, 1.807) is 0 Å². The van der Waals surface area contributed by atoms with Crippen LogP contribution in [0.25, 0.3) is 10.8 Å². The third-order valence-corrected chi connectivity index (χ3v) is 3.49. The molecule has 0 aliphatic heterocycles. The van der Waals surface area contributed by atoms with Crippen LogP contribution in [0.2, 0.25) is 0 Å². The smallest absolute Gasteiger partial charge is 0.242 e. The molecule has 2 rings (SSSR count). The maximum atomic E-state index is 11.9. The predicted molar refractivity (Wildman–Crippen MR) is 81.7 cm³/mol. The molecule has 0 fully saturated rings. The molecule has 96 valence electrons. The van der Waals surface area contributed by atoms with Gasteiger partial charge in [-0.15, -0.1) is 12.3 Å². The van der Waals surface area contributed by atoms with E-state index in [0.717, 1.165) is 20.9 Å². The first-order chi connectivity index (χ1) is 9.13. The lowest BCUT2D eigenvalue weighted by Crippen LogP contribution is -2.35. The van der Waals surface area contributed by atoms with Gasteiger partial charge in [0.05, 0.1) is 6.04 Å². The number of amides is 1. The zero-order chi connectivity index (χ0) is 13.8. The van der Waals surface area contributed by atoms with Gasteiger partial charge < -0.3 is 11.1 Å². The van der Waals surface area contributed by atoms with Gasteiger partial charge in [0, 0.05) is 22.0 Å². The maximum absolute atomic E-state index is 11.9. The van der Waals surface area contributed by atoms with Gasteiger partial charge in [0.25, 0.3) is 0 Å². The average molecular weight is 317 g/mol. The fourth-order valence-corrected chi connectivity index (χ4v) is 2.29. The first-order valence-corrected chi connectivity index (χ1v) is 6.60. The van der Waals surface area contributed by atoms with E-state index in [2.05, 4.69) is 27.2 Å². The molecule has 4 heteroatoms. The van der Waals surface area contributed by atoms with Crippen molar-refractivity contribution < 1.29 is 4.79 Å². The number of anilines is 1. The van der Waals surface area contributed by atoms with Gasteiger partial charge in [-0.3, -0.25) is 4.79 Å².